The molecule has 23 heavy (non-hydrogen) atoms. The standard InChI is InChI=1S/C20H16N2O/c1-15-20(12-11-18(13-21)22-15)23-14-17-9-5-6-10-19(17)16-7-3-2-4-8-16/h2-12H,14H2,1H3. The minimum Gasteiger partial charge on any atom is -0.487 e. The highest BCUT2D eigenvalue weighted by molar-refractivity contribution is 5.67. The zero-order valence-electron chi connectivity index (χ0n) is 12.9. The van der Waals surface area contributed by atoms with Crippen LogP contribution in [0.25, 0.3) is 11.1 Å². The van der Waals surface area contributed by atoms with Gasteiger partial charge in [0, 0.05) is 0 Å². The zero-order valence-corrected chi connectivity index (χ0v) is 12.9. The van der Waals surface area contributed by atoms with Gasteiger partial charge in [-0.3, -0.25) is 0 Å². The lowest BCUT2D eigenvalue weighted by molar-refractivity contribution is 0.303. The SMILES string of the molecule is Cc1nc(C#N)ccc1OCc1ccccc1-c1ccccc1. The summed E-state index contributed by atoms with van der Waals surface area (Å²) < 4.78 is 5.91. The molecule has 0 spiro atoms. The maximum atomic E-state index is 8.87. The van der Waals surface area contributed by atoms with Crippen molar-refractivity contribution >= 4 is 0 Å². The Morgan fingerprint density at radius 3 is 2.43 bits per heavy atom. The van der Waals surface area contributed by atoms with Crippen LogP contribution in [0.4, 0.5) is 0 Å². The molecule has 0 atom stereocenters. The molecule has 0 N–H and O–H groups in total. The van der Waals surface area contributed by atoms with Gasteiger partial charge in [-0.25, -0.2) is 4.98 Å². The second-order valence-corrected chi connectivity index (χ2v) is 5.20. The van der Waals surface area contributed by atoms with Crippen LogP contribution in [-0.2, 0) is 6.61 Å². The first kappa shape index (κ1) is 14.8. The number of ether oxygens (including phenoxy) is 1. The molecule has 1 aromatic heterocycles. The van der Waals surface area contributed by atoms with Crippen molar-refractivity contribution in [1.82, 2.24) is 4.98 Å². The lowest BCUT2D eigenvalue weighted by atomic mass is 10.0. The number of pyridine rings is 1. The van der Waals surface area contributed by atoms with Crippen molar-refractivity contribution in [2.24, 2.45) is 0 Å². The Morgan fingerprint density at radius 2 is 1.70 bits per heavy atom. The number of nitrogens with zero attached hydrogens (tertiary/aromatic N) is 2. The van der Waals surface area contributed by atoms with Gasteiger partial charge in [0.05, 0.1) is 5.69 Å². The first-order valence-electron chi connectivity index (χ1n) is 7.42. The Labute approximate surface area is 135 Å². The van der Waals surface area contributed by atoms with Crippen molar-refractivity contribution in [2.75, 3.05) is 0 Å². The van der Waals surface area contributed by atoms with Crippen molar-refractivity contribution in [3.05, 3.63) is 83.7 Å². The van der Waals surface area contributed by atoms with E-state index in [1.807, 2.05) is 43.3 Å². The van der Waals surface area contributed by atoms with Crippen molar-refractivity contribution in [1.29, 1.82) is 5.26 Å². The van der Waals surface area contributed by atoms with Gasteiger partial charge in [0.25, 0.3) is 0 Å². The minimum absolute atomic E-state index is 0.402. The van der Waals surface area contributed by atoms with Crippen LogP contribution in [0.2, 0.25) is 0 Å². The van der Waals surface area contributed by atoms with Crippen LogP contribution in [0.15, 0.2) is 66.7 Å². The third-order valence-electron chi connectivity index (χ3n) is 3.64. The summed E-state index contributed by atoms with van der Waals surface area (Å²) in [6.45, 7) is 2.30. The minimum atomic E-state index is 0.402. The molecule has 0 saturated carbocycles. The maximum Gasteiger partial charge on any atom is 0.141 e. The van der Waals surface area contributed by atoms with E-state index in [0.29, 0.717) is 18.1 Å². The quantitative estimate of drug-likeness (QED) is 0.712. The largest absolute Gasteiger partial charge is 0.487 e. The third-order valence-corrected chi connectivity index (χ3v) is 3.64. The van der Waals surface area contributed by atoms with Crippen LogP contribution in [0.3, 0.4) is 0 Å². The summed E-state index contributed by atoms with van der Waals surface area (Å²) in [5.74, 6) is 0.701. The first-order chi connectivity index (χ1) is 11.3. The van der Waals surface area contributed by atoms with Gasteiger partial charge in [-0.05, 0) is 35.7 Å². The van der Waals surface area contributed by atoms with Crippen molar-refractivity contribution in [3.63, 3.8) is 0 Å². The van der Waals surface area contributed by atoms with Gasteiger partial charge in [-0.2, -0.15) is 5.26 Å². The molecule has 0 fully saturated rings. The molecule has 0 saturated heterocycles. The van der Waals surface area contributed by atoms with E-state index < -0.39 is 0 Å². The molecule has 0 aliphatic carbocycles. The van der Waals surface area contributed by atoms with Crippen LogP contribution in [0, 0.1) is 18.3 Å². The predicted octanol–water partition coefficient (Wildman–Crippen LogP) is 4.51. The van der Waals surface area contributed by atoms with Gasteiger partial charge < -0.3 is 4.74 Å². The molecule has 3 nitrogen and oxygen atoms in total. The molecule has 3 heteroatoms. The smallest absolute Gasteiger partial charge is 0.141 e. The van der Waals surface area contributed by atoms with E-state index in [2.05, 4.69) is 29.2 Å². The molecule has 3 rings (SSSR count). The monoisotopic (exact) mass is 300 g/mol. The first-order valence-corrected chi connectivity index (χ1v) is 7.42. The molecule has 0 unspecified atom stereocenters. The molecule has 0 radical (unpaired) electrons. The van der Waals surface area contributed by atoms with Crippen LogP contribution in [0.5, 0.6) is 5.75 Å². The van der Waals surface area contributed by atoms with Gasteiger partial charge in [-0.1, -0.05) is 54.6 Å². The van der Waals surface area contributed by atoms with Gasteiger partial charge >= 0.3 is 0 Å². The summed E-state index contributed by atoms with van der Waals surface area (Å²) >= 11 is 0. The molecule has 0 aliphatic heterocycles. The summed E-state index contributed by atoms with van der Waals surface area (Å²) in [6, 6.07) is 23.9. The Morgan fingerprint density at radius 1 is 0.957 bits per heavy atom. The van der Waals surface area contributed by atoms with E-state index in [1.165, 1.54) is 5.56 Å². The summed E-state index contributed by atoms with van der Waals surface area (Å²) in [6.07, 6.45) is 0. The second kappa shape index (κ2) is 6.76. The van der Waals surface area contributed by atoms with E-state index in [1.54, 1.807) is 12.1 Å². The number of aryl methyl sites for hydroxylation is 1. The van der Waals surface area contributed by atoms with Crippen molar-refractivity contribution < 1.29 is 4.74 Å². The number of benzene rings is 2. The summed E-state index contributed by atoms with van der Waals surface area (Å²) in [4.78, 5) is 4.20. The highest BCUT2D eigenvalue weighted by Gasteiger charge is 2.07. The highest BCUT2D eigenvalue weighted by atomic mass is 16.5. The lowest BCUT2D eigenvalue weighted by Crippen LogP contribution is -2.00. The van der Waals surface area contributed by atoms with Crippen molar-refractivity contribution in [2.45, 2.75) is 13.5 Å². The van der Waals surface area contributed by atoms with E-state index in [4.69, 9.17) is 10.00 Å². The summed E-state index contributed by atoms with van der Waals surface area (Å²) in [5, 5.41) is 8.87. The lowest BCUT2D eigenvalue weighted by Gasteiger charge is -2.12. The zero-order chi connectivity index (χ0) is 16.1. The van der Waals surface area contributed by atoms with E-state index in [9.17, 15) is 0 Å². The van der Waals surface area contributed by atoms with E-state index in [0.717, 1.165) is 16.8 Å². The number of aromatic nitrogens is 1. The molecule has 3 aromatic rings. The third kappa shape index (κ3) is 3.38. The van der Waals surface area contributed by atoms with Crippen LogP contribution in [-0.4, -0.2) is 4.98 Å². The van der Waals surface area contributed by atoms with E-state index >= 15 is 0 Å². The molecule has 0 amide bonds. The molecule has 112 valence electrons. The number of nitriles is 1. The average molecular weight is 300 g/mol. The maximum absolute atomic E-state index is 8.87. The van der Waals surface area contributed by atoms with Gasteiger partial charge in [0.1, 0.15) is 24.1 Å². The number of hydrogen-bond donors (Lipinski definition) is 0. The predicted molar refractivity (Wildman–Crippen MR) is 89.9 cm³/mol. The van der Waals surface area contributed by atoms with Gasteiger partial charge in [0.2, 0.25) is 0 Å². The normalized spacial score (nSPS) is 10.1. The molecular weight excluding hydrogens is 284 g/mol. The van der Waals surface area contributed by atoms with Crippen LogP contribution < -0.4 is 4.74 Å². The molecule has 1 heterocycles. The fourth-order valence-corrected chi connectivity index (χ4v) is 2.46. The summed E-state index contributed by atoms with van der Waals surface area (Å²) in [5.41, 5.74) is 4.57. The second-order valence-electron chi connectivity index (χ2n) is 5.20. The Bertz CT molecular complexity index is 851. The topological polar surface area (TPSA) is 45.9 Å². The van der Waals surface area contributed by atoms with Gasteiger partial charge in [-0.15, -0.1) is 0 Å². The van der Waals surface area contributed by atoms with Gasteiger partial charge in [0.15, 0.2) is 0 Å². The highest BCUT2D eigenvalue weighted by Crippen LogP contribution is 2.25. The van der Waals surface area contributed by atoms with E-state index in [-0.39, 0.29) is 0 Å². The molecule has 2 aromatic carbocycles. The van der Waals surface area contributed by atoms with Crippen molar-refractivity contribution in [3.8, 4) is 22.9 Å². The Balaban J connectivity index is 1.83. The summed E-state index contributed by atoms with van der Waals surface area (Å²) in [7, 11) is 0. The van der Waals surface area contributed by atoms with Crippen LogP contribution >= 0.6 is 0 Å². The average Bonchev–Trinajstić information content (AvgIpc) is 2.61. The molecular formula is C20H16N2O. The Hall–Kier alpha value is -3.12. The van der Waals surface area contributed by atoms with Crippen LogP contribution in [0.1, 0.15) is 17.0 Å². The fourth-order valence-electron chi connectivity index (χ4n) is 2.46. The molecule has 0 bridgehead atoms. The fraction of sp³-hybridized carbons (Fsp3) is 0.100. The number of hydrogen-bond acceptors (Lipinski definition) is 3. The Kier molecular flexibility index (Phi) is 4.35. The number of rotatable bonds is 4. The molecule has 0 aliphatic rings.